The zero-order chi connectivity index (χ0) is 30.2. The molecule has 0 aliphatic carbocycles. The van der Waals surface area contributed by atoms with Crippen molar-refractivity contribution in [3.05, 3.63) is 83.9 Å². The Kier molecular flexibility index (Phi) is 10.3. The number of anilines is 1. The minimum absolute atomic E-state index is 0.0439. The molecule has 0 atom stereocenters. The topological polar surface area (TPSA) is 172 Å². The molecule has 11 nitrogen and oxygen atoms in total. The smallest absolute Gasteiger partial charge is 0.391 e. The van der Waals surface area contributed by atoms with Crippen LogP contribution < -0.4 is 20.7 Å². The van der Waals surface area contributed by atoms with Gasteiger partial charge in [0.1, 0.15) is 0 Å². The molecule has 216 valence electrons. The molecule has 0 saturated carbocycles. The van der Waals surface area contributed by atoms with Crippen LogP contribution in [0.15, 0.2) is 77.7 Å². The molecular weight excluding hydrogens is 546 g/mol. The molecule has 0 fully saturated rings. The Bertz CT molecular complexity index is 1540. The van der Waals surface area contributed by atoms with Crippen LogP contribution in [0.3, 0.4) is 0 Å². The highest BCUT2D eigenvalue weighted by molar-refractivity contribution is 7.89. The Morgan fingerprint density at radius 1 is 0.976 bits per heavy atom. The number of ether oxygens (including phenoxy) is 1. The third kappa shape index (κ3) is 8.47. The van der Waals surface area contributed by atoms with Crippen LogP contribution >= 0.6 is 0 Å². The molecule has 5 N–H and O–H groups in total. The highest BCUT2D eigenvalue weighted by Gasteiger charge is 2.26. The van der Waals surface area contributed by atoms with E-state index in [0.717, 1.165) is 0 Å². The number of hydrogen-bond acceptors (Lipinski definition) is 7. The lowest BCUT2D eigenvalue weighted by atomic mass is 10.0. The Hall–Kier alpha value is -4.55. The van der Waals surface area contributed by atoms with Crippen LogP contribution in [0.5, 0.6) is 0 Å². The first kappa shape index (κ1) is 31.0. The van der Waals surface area contributed by atoms with E-state index in [1.54, 1.807) is 73.7 Å². The molecule has 41 heavy (non-hydrogen) atoms. The molecule has 0 heterocycles. The molecule has 0 unspecified atom stereocenters. The van der Waals surface area contributed by atoms with Gasteiger partial charge >= 0.3 is 17.9 Å². The van der Waals surface area contributed by atoms with Crippen molar-refractivity contribution >= 4 is 39.5 Å². The Morgan fingerprint density at radius 3 is 2.32 bits per heavy atom. The SMILES string of the molecule is CCNC(=O)OC(=N)c1cccc(CNC(=O)C(=O)N(CC(C)C)c2ccc(-c3ccccc3)c(S(N)(=O)=O)c2)c1. The van der Waals surface area contributed by atoms with Gasteiger partial charge in [-0.3, -0.25) is 15.0 Å². The molecule has 0 aromatic heterocycles. The summed E-state index contributed by atoms with van der Waals surface area (Å²) < 4.78 is 29.9. The monoisotopic (exact) mass is 579 g/mol. The van der Waals surface area contributed by atoms with E-state index in [-0.39, 0.29) is 35.5 Å². The van der Waals surface area contributed by atoms with Crippen molar-refractivity contribution < 1.29 is 27.5 Å². The summed E-state index contributed by atoms with van der Waals surface area (Å²) in [6.45, 7) is 5.89. The number of primary sulfonamides is 1. The zero-order valence-electron chi connectivity index (χ0n) is 23.0. The number of nitrogens with zero attached hydrogens (tertiary/aromatic N) is 1. The lowest BCUT2D eigenvalue weighted by molar-refractivity contribution is -0.137. The van der Waals surface area contributed by atoms with Crippen molar-refractivity contribution in [3.8, 4) is 11.1 Å². The molecule has 0 aliphatic heterocycles. The molecule has 3 aromatic carbocycles. The largest absolute Gasteiger partial charge is 0.413 e. The predicted molar refractivity (Wildman–Crippen MR) is 156 cm³/mol. The first-order valence-corrected chi connectivity index (χ1v) is 14.4. The average Bonchev–Trinajstić information content (AvgIpc) is 2.94. The third-order valence-electron chi connectivity index (χ3n) is 5.81. The molecule has 3 rings (SSSR count). The van der Waals surface area contributed by atoms with Gasteiger partial charge in [-0.25, -0.2) is 18.4 Å². The van der Waals surface area contributed by atoms with E-state index in [1.165, 1.54) is 11.0 Å². The lowest BCUT2D eigenvalue weighted by Gasteiger charge is -2.25. The van der Waals surface area contributed by atoms with Gasteiger partial charge in [-0.15, -0.1) is 0 Å². The molecule has 3 amide bonds. The molecule has 12 heteroatoms. The average molecular weight is 580 g/mol. The fraction of sp³-hybridized carbons (Fsp3) is 0.241. The van der Waals surface area contributed by atoms with E-state index >= 15 is 0 Å². The van der Waals surface area contributed by atoms with Crippen LogP contribution in [-0.2, 0) is 30.9 Å². The lowest BCUT2D eigenvalue weighted by Crippen LogP contribution is -2.44. The first-order valence-electron chi connectivity index (χ1n) is 12.9. The number of benzene rings is 3. The van der Waals surface area contributed by atoms with Crippen LogP contribution in [0.25, 0.3) is 11.1 Å². The van der Waals surface area contributed by atoms with Gasteiger partial charge in [0, 0.05) is 36.4 Å². The van der Waals surface area contributed by atoms with Gasteiger partial charge in [0.15, 0.2) is 0 Å². The van der Waals surface area contributed by atoms with Crippen LogP contribution in [-0.4, -0.2) is 45.3 Å². The van der Waals surface area contributed by atoms with E-state index in [9.17, 15) is 22.8 Å². The van der Waals surface area contributed by atoms with Gasteiger partial charge in [-0.05, 0) is 48.2 Å². The minimum Gasteiger partial charge on any atom is -0.391 e. The summed E-state index contributed by atoms with van der Waals surface area (Å²) in [4.78, 5) is 38.9. The van der Waals surface area contributed by atoms with E-state index in [2.05, 4.69) is 10.6 Å². The summed E-state index contributed by atoms with van der Waals surface area (Å²) in [5, 5.41) is 18.5. The summed E-state index contributed by atoms with van der Waals surface area (Å²) in [5.41, 5.74) is 2.09. The molecule has 0 saturated heterocycles. The van der Waals surface area contributed by atoms with Crippen LogP contribution in [0.1, 0.15) is 31.9 Å². The number of sulfonamides is 1. The van der Waals surface area contributed by atoms with E-state index in [1.807, 2.05) is 13.8 Å². The molecule has 0 bridgehead atoms. The molecule has 0 radical (unpaired) electrons. The second-order valence-electron chi connectivity index (χ2n) is 9.53. The quantitative estimate of drug-likeness (QED) is 0.172. The fourth-order valence-corrected chi connectivity index (χ4v) is 4.75. The molecule has 0 aliphatic rings. The summed E-state index contributed by atoms with van der Waals surface area (Å²) in [6, 6.07) is 19.7. The number of nitrogens with two attached hydrogens (primary N) is 1. The Labute approximate surface area is 239 Å². The second kappa shape index (κ2) is 13.7. The maximum Gasteiger partial charge on any atom is 0.413 e. The minimum atomic E-state index is -4.17. The van der Waals surface area contributed by atoms with Crippen LogP contribution in [0, 0.1) is 11.3 Å². The van der Waals surface area contributed by atoms with Gasteiger partial charge in [0.25, 0.3) is 0 Å². The zero-order valence-corrected chi connectivity index (χ0v) is 23.8. The Balaban J connectivity index is 1.82. The maximum atomic E-state index is 13.3. The number of rotatable bonds is 9. The normalized spacial score (nSPS) is 11.0. The summed E-state index contributed by atoms with van der Waals surface area (Å²) >= 11 is 0. The second-order valence-corrected chi connectivity index (χ2v) is 11.1. The van der Waals surface area contributed by atoms with Crippen molar-refractivity contribution in [2.75, 3.05) is 18.0 Å². The Morgan fingerprint density at radius 2 is 1.68 bits per heavy atom. The number of hydrogen-bond donors (Lipinski definition) is 4. The van der Waals surface area contributed by atoms with E-state index < -0.39 is 27.9 Å². The maximum absolute atomic E-state index is 13.3. The van der Waals surface area contributed by atoms with E-state index in [4.69, 9.17) is 15.3 Å². The van der Waals surface area contributed by atoms with Crippen LogP contribution in [0.4, 0.5) is 10.5 Å². The number of amides is 3. The number of carbonyl (C=O) groups is 3. The first-order chi connectivity index (χ1) is 19.4. The van der Waals surface area contributed by atoms with Gasteiger partial charge in [0.05, 0.1) is 4.90 Å². The van der Waals surface area contributed by atoms with Crippen LogP contribution in [0.2, 0.25) is 0 Å². The summed E-state index contributed by atoms with van der Waals surface area (Å²) in [7, 11) is -4.17. The number of alkyl carbamates (subject to hydrolysis) is 1. The third-order valence-corrected chi connectivity index (χ3v) is 6.76. The predicted octanol–water partition coefficient (Wildman–Crippen LogP) is 3.38. The number of carbonyl (C=O) groups excluding carboxylic acids is 3. The standard InChI is InChI=1S/C29H33N5O6S/c1-4-32-29(37)40-26(30)22-12-8-9-20(15-22)17-33-27(35)28(36)34(18-19(2)3)23-13-14-24(21-10-6-5-7-11-21)25(16-23)41(31,38)39/h5-16,19,30H,4,17-18H2,1-3H3,(H,32,37)(H,33,35)(H2,31,38,39). The molecule has 3 aromatic rings. The highest BCUT2D eigenvalue weighted by atomic mass is 32.2. The van der Waals surface area contributed by atoms with Gasteiger partial charge in [-0.1, -0.05) is 62.4 Å². The van der Waals surface area contributed by atoms with Crippen molar-refractivity contribution in [1.29, 1.82) is 5.41 Å². The van der Waals surface area contributed by atoms with Crippen molar-refractivity contribution in [2.45, 2.75) is 32.2 Å². The van der Waals surface area contributed by atoms with Gasteiger partial charge < -0.3 is 20.3 Å². The number of nitrogens with one attached hydrogen (secondary N) is 3. The molecule has 0 spiro atoms. The van der Waals surface area contributed by atoms with E-state index in [0.29, 0.717) is 28.8 Å². The summed E-state index contributed by atoms with van der Waals surface area (Å²) in [6.07, 6.45) is -0.755. The van der Waals surface area contributed by atoms with Gasteiger partial charge in [-0.2, -0.15) is 0 Å². The fourth-order valence-electron chi connectivity index (χ4n) is 3.98. The van der Waals surface area contributed by atoms with Crippen molar-refractivity contribution in [2.24, 2.45) is 11.1 Å². The summed E-state index contributed by atoms with van der Waals surface area (Å²) in [5.74, 6) is -2.21. The molecular formula is C29H33N5O6S. The van der Waals surface area contributed by atoms with Gasteiger partial charge in [0.2, 0.25) is 15.9 Å². The van der Waals surface area contributed by atoms with Crippen molar-refractivity contribution in [3.63, 3.8) is 0 Å². The van der Waals surface area contributed by atoms with Crippen molar-refractivity contribution in [1.82, 2.24) is 10.6 Å². The highest BCUT2D eigenvalue weighted by Crippen LogP contribution is 2.31.